The van der Waals surface area contributed by atoms with Crippen LogP contribution in [0.3, 0.4) is 0 Å². The van der Waals surface area contributed by atoms with Crippen molar-refractivity contribution < 1.29 is 9.47 Å². The molecule has 4 aromatic rings. The van der Waals surface area contributed by atoms with E-state index in [9.17, 15) is 0 Å². The number of ether oxygens (including phenoxy) is 2. The average molecular weight is 392 g/mol. The Morgan fingerprint density at radius 1 is 0.893 bits per heavy atom. The van der Waals surface area contributed by atoms with Crippen LogP contribution in [0.25, 0.3) is 16.9 Å². The smallest absolute Gasteiger partial charge is 0.212 e. The maximum absolute atomic E-state index is 5.34. The van der Waals surface area contributed by atoms with Crippen LogP contribution in [-0.2, 0) is 5.75 Å². The van der Waals surface area contributed by atoms with Crippen molar-refractivity contribution in [3.05, 3.63) is 65.7 Å². The minimum atomic E-state index is 0.699. The van der Waals surface area contributed by atoms with E-state index in [1.54, 1.807) is 30.5 Å². The topological polar surface area (TPSA) is 61.5 Å². The molecule has 0 spiro atoms. The zero-order valence-corrected chi connectivity index (χ0v) is 16.7. The third kappa shape index (κ3) is 3.80. The van der Waals surface area contributed by atoms with E-state index in [1.807, 2.05) is 30.3 Å². The Morgan fingerprint density at radius 2 is 1.61 bits per heavy atom. The lowest BCUT2D eigenvalue weighted by molar-refractivity contribution is 0.393. The summed E-state index contributed by atoms with van der Waals surface area (Å²) < 4.78 is 12.5. The Bertz CT molecular complexity index is 1090. The summed E-state index contributed by atoms with van der Waals surface area (Å²) in [5.74, 6) is 2.23. The number of aryl methyl sites for hydroxylation is 1. The zero-order chi connectivity index (χ0) is 19.5. The highest BCUT2D eigenvalue weighted by atomic mass is 32.2. The van der Waals surface area contributed by atoms with Crippen LogP contribution in [0.2, 0.25) is 0 Å². The van der Waals surface area contributed by atoms with Crippen LogP contribution in [-0.4, -0.2) is 34.0 Å². The minimum Gasteiger partial charge on any atom is -0.497 e. The van der Waals surface area contributed by atoms with Gasteiger partial charge in [0.2, 0.25) is 5.16 Å². The molecule has 0 saturated heterocycles. The summed E-state index contributed by atoms with van der Waals surface area (Å²) in [6.45, 7) is 2.07. The summed E-state index contributed by atoms with van der Waals surface area (Å²) in [5.41, 5.74) is 4.97. The Kier molecular flexibility index (Phi) is 5.16. The van der Waals surface area contributed by atoms with Gasteiger partial charge in [-0.05, 0) is 36.8 Å². The van der Waals surface area contributed by atoms with E-state index < -0.39 is 0 Å². The number of rotatable bonds is 6. The Balaban J connectivity index is 1.61. The summed E-state index contributed by atoms with van der Waals surface area (Å²) in [4.78, 5) is 0. The second kappa shape index (κ2) is 7.90. The summed E-state index contributed by atoms with van der Waals surface area (Å²) in [7, 11) is 3.29. The van der Waals surface area contributed by atoms with Gasteiger partial charge in [0, 0.05) is 17.4 Å². The maximum Gasteiger partial charge on any atom is 0.212 e. The van der Waals surface area contributed by atoms with E-state index >= 15 is 0 Å². The molecule has 7 heteroatoms. The predicted molar refractivity (Wildman–Crippen MR) is 110 cm³/mol. The molecule has 0 aliphatic rings. The third-order valence-electron chi connectivity index (χ3n) is 4.36. The fraction of sp³-hybridized carbons (Fsp3) is 0.190. The second-order valence-electron chi connectivity index (χ2n) is 6.35. The normalized spacial score (nSPS) is 11.0. The SMILES string of the molecule is COc1cc(CSc2nnc3ccc(-c4ccc(C)cc4)nn23)cc(OC)c1. The lowest BCUT2D eigenvalue weighted by Gasteiger charge is -2.08. The molecule has 6 nitrogen and oxygen atoms in total. The van der Waals surface area contributed by atoms with Gasteiger partial charge in [-0.2, -0.15) is 9.61 Å². The molecule has 2 aromatic heterocycles. The zero-order valence-electron chi connectivity index (χ0n) is 15.9. The number of methoxy groups -OCH3 is 2. The van der Waals surface area contributed by atoms with Gasteiger partial charge < -0.3 is 9.47 Å². The maximum atomic E-state index is 5.34. The molecule has 0 saturated carbocycles. The van der Waals surface area contributed by atoms with Crippen molar-refractivity contribution in [2.75, 3.05) is 14.2 Å². The van der Waals surface area contributed by atoms with Crippen LogP contribution >= 0.6 is 11.8 Å². The van der Waals surface area contributed by atoms with Gasteiger partial charge in [0.05, 0.1) is 19.9 Å². The van der Waals surface area contributed by atoms with Crippen molar-refractivity contribution in [1.29, 1.82) is 0 Å². The van der Waals surface area contributed by atoms with Crippen LogP contribution in [0.4, 0.5) is 0 Å². The summed E-state index contributed by atoms with van der Waals surface area (Å²) in [5, 5.41) is 14.0. The fourth-order valence-electron chi connectivity index (χ4n) is 2.84. The Hall–Kier alpha value is -3.06. The van der Waals surface area contributed by atoms with Crippen molar-refractivity contribution in [1.82, 2.24) is 19.8 Å². The summed E-state index contributed by atoms with van der Waals surface area (Å²) in [6, 6.07) is 18.1. The molecule has 4 rings (SSSR count). The number of aromatic nitrogens is 4. The number of hydrogen-bond acceptors (Lipinski definition) is 6. The van der Waals surface area contributed by atoms with Crippen molar-refractivity contribution in [3.63, 3.8) is 0 Å². The number of fused-ring (bicyclic) bond motifs is 1. The van der Waals surface area contributed by atoms with Crippen molar-refractivity contribution in [3.8, 4) is 22.8 Å². The quantitative estimate of drug-likeness (QED) is 0.453. The monoisotopic (exact) mass is 392 g/mol. The molecule has 0 amide bonds. The first-order valence-corrected chi connectivity index (χ1v) is 9.79. The van der Waals surface area contributed by atoms with Crippen molar-refractivity contribution in [2.45, 2.75) is 17.8 Å². The molecule has 0 aliphatic carbocycles. The molecule has 0 aliphatic heterocycles. The molecule has 2 heterocycles. The van der Waals surface area contributed by atoms with Gasteiger partial charge in [0.25, 0.3) is 0 Å². The van der Waals surface area contributed by atoms with Crippen molar-refractivity contribution >= 4 is 17.4 Å². The summed E-state index contributed by atoms with van der Waals surface area (Å²) in [6.07, 6.45) is 0. The van der Waals surface area contributed by atoms with Crippen LogP contribution < -0.4 is 9.47 Å². The average Bonchev–Trinajstić information content (AvgIpc) is 3.14. The lowest BCUT2D eigenvalue weighted by Crippen LogP contribution is -1.97. The van der Waals surface area contributed by atoms with Gasteiger partial charge in [0.1, 0.15) is 11.5 Å². The summed E-state index contributed by atoms with van der Waals surface area (Å²) >= 11 is 1.57. The number of nitrogens with zero attached hydrogens (tertiary/aromatic N) is 4. The van der Waals surface area contributed by atoms with Crippen LogP contribution in [0.1, 0.15) is 11.1 Å². The molecule has 0 N–H and O–H groups in total. The second-order valence-corrected chi connectivity index (χ2v) is 7.29. The van der Waals surface area contributed by atoms with Gasteiger partial charge in [-0.3, -0.25) is 0 Å². The molecule has 0 atom stereocenters. The molecule has 0 fully saturated rings. The molecule has 28 heavy (non-hydrogen) atoms. The van der Waals surface area contributed by atoms with E-state index in [4.69, 9.17) is 14.6 Å². The van der Waals surface area contributed by atoms with Gasteiger partial charge in [-0.25, -0.2) is 0 Å². The van der Waals surface area contributed by atoms with Gasteiger partial charge in [-0.1, -0.05) is 41.6 Å². The van der Waals surface area contributed by atoms with Crippen LogP contribution in [0, 0.1) is 6.92 Å². The van der Waals surface area contributed by atoms with Gasteiger partial charge >= 0.3 is 0 Å². The predicted octanol–water partition coefficient (Wildman–Crippen LogP) is 4.41. The van der Waals surface area contributed by atoms with E-state index in [0.717, 1.165) is 39.1 Å². The minimum absolute atomic E-state index is 0.699. The Morgan fingerprint density at radius 3 is 2.29 bits per heavy atom. The van der Waals surface area contributed by atoms with E-state index in [0.29, 0.717) is 5.75 Å². The lowest BCUT2D eigenvalue weighted by atomic mass is 10.1. The molecular weight excluding hydrogens is 372 g/mol. The molecule has 0 bridgehead atoms. The third-order valence-corrected chi connectivity index (χ3v) is 5.35. The highest BCUT2D eigenvalue weighted by Gasteiger charge is 2.11. The number of hydrogen-bond donors (Lipinski definition) is 0. The Labute approximate surface area is 167 Å². The number of benzene rings is 2. The standard InChI is InChI=1S/C21H20N4O2S/c1-14-4-6-16(7-5-14)19-8-9-20-22-23-21(25(20)24-19)28-13-15-10-17(26-2)12-18(11-15)27-3/h4-12H,13H2,1-3H3. The molecule has 0 unspecified atom stereocenters. The first-order valence-electron chi connectivity index (χ1n) is 8.80. The number of thioether (sulfide) groups is 1. The van der Waals surface area contributed by atoms with Gasteiger partial charge in [0.15, 0.2) is 5.65 Å². The van der Waals surface area contributed by atoms with E-state index in [2.05, 4.69) is 41.4 Å². The first-order chi connectivity index (χ1) is 13.7. The highest BCUT2D eigenvalue weighted by Crippen LogP contribution is 2.28. The fourth-order valence-corrected chi connectivity index (χ4v) is 3.65. The largest absolute Gasteiger partial charge is 0.497 e. The molecule has 0 radical (unpaired) electrons. The molecule has 142 valence electrons. The first kappa shape index (κ1) is 18.3. The van der Waals surface area contributed by atoms with Crippen molar-refractivity contribution in [2.24, 2.45) is 0 Å². The highest BCUT2D eigenvalue weighted by molar-refractivity contribution is 7.98. The molecular formula is C21H20N4O2S. The van der Waals surface area contributed by atoms with Gasteiger partial charge in [-0.15, -0.1) is 10.2 Å². The molecule has 2 aromatic carbocycles. The van der Waals surface area contributed by atoms with Crippen LogP contribution in [0.5, 0.6) is 11.5 Å². The van der Waals surface area contributed by atoms with E-state index in [-0.39, 0.29) is 0 Å². The van der Waals surface area contributed by atoms with Crippen LogP contribution in [0.15, 0.2) is 59.8 Å². The van der Waals surface area contributed by atoms with E-state index in [1.165, 1.54) is 5.56 Å².